The Bertz CT molecular complexity index is 293. The minimum atomic E-state index is 0.240. The lowest BCUT2D eigenvalue weighted by Gasteiger charge is -2.38. The first-order chi connectivity index (χ1) is 8.81. The molecule has 18 heavy (non-hydrogen) atoms. The molecule has 0 aromatic heterocycles. The van der Waals surface area contributed by atoms with Crippen molar-refractivity contribution in [3.63, 3.8) is 0 Å². The Labute approximate surface area is 110 Å². The van der Waals surface area contributed by atoms with Gasteiger partial charge in [-0.05, 0) is 19.3 Å². The summed E-state index contributed by atoms with van der Waals surface area (Å²) in [5.74, 6) is 0.240. The monoisotopic (exact) mass is 251 g/mol. The molecule has 0 spiro atoms. The fourth-order valence-electron chi connectivity index (χ4n) is 3.71. The van der Waals surface area contributed by atoms with Gasteiger partial charge in [0.1, 0.15) is 0 Å². The third-order valence-corrected chi connectivity index (χ3v) is 4.81. The number of nitrogens with zero attached hydrogens (tertiary/aromatic N) is 2. The first-order valence-corrected chi connectivity index (χ1v) is 7.57. The molecule has 3 aliphatic rings. The molecule has 1 aliphatic carbocycles. The molecule has 0 aromatic rings. The number of hydrogen-bond donors (Lipinski definition) is 1. The van der Waals surface area contributed by atoms with Crippen LogP contribution >= 0.6 is 0 Å². The van der Waals surface area contributed by atoms with E-state index in [9.17, 15) is 4.79 Å². The molecular formula is C14H25N3O. The van der Waals surface area contributed by atoms with Crippen molar-refractivity contribution in [1.82, 2.24) is 15.1 Å². The van der Waals surface area contributed by atoms with Gasteiger partial charge in [-0.2, -0.15) is 0 Å². The fourth-order valence-corrected chi connectivity index (χ4v) is 3.71. The molecule has 2 heterocycles. The van der Waals surface area contributed by atoms with Crippen LogP contribution in [0.25, 0.3) is 0 Å². The molecule has 0 aromatic carbocycles. The van der Waals surface area contributed by atoms with E-state index in [1.54, 1.807) is 0 Å². The fraction of sp³-hybridized carbons (Fsp3) is 0.929. The van der Waals surface area contributed by atoms with Crippen LogP contribution < -0.4 is 5.32 Å². The zero-order chi connectivity index (χ0) is 12.4. The molecule has 2 aliphatic heterocycles. The summed E-state index contributed by atoms with van der Waals surface area (Å²) in [5, 5.41) is 3.07. The van der Waals surface area contributed by atoms with Crippen LogP contribution in [-0.4, -0.2) is 60.5 Å². The highest BCUT2D eigenvalue weighted by Crippen LogP contribution is 2.24. The van der Waals surface area contributed by atoms with Gasteiger partial charge in [0.2, 0.25) is 5.91 Å². The molecule has 1 amide bonds. The second-order valence-corrected chi connectivity index (χ2v) is 6.08. The Balaban J connectivity index is 1.41. The highest BCUT2D eigenvalue weighted by molar-refractivity contribution is 5.78. The summed E-state index contributed by atoms with van der Waals surface area (Å²) in [6.07, 6.45) is 7.45. The number of hydrogen-bond acceptors (Lipinski definition) is 3. The Morgan fingerprint density at radius 2 is 1.78 bits per heavy atom. The van der Waals surface area contributed by atoms with Gasteiger partial charge < -0.3 is 5.32 Å². The molecule has 3 rings (SSSR count). The molecule has 4 heteroatoms. The zero-order valence-corrected chi connectivity index (χ0v) is 11.2. The molecule has 1 N–H and O–H groups in total. The van der Waals surface area contributed by atoms with E-state index >= 15 is 0 Å². The molecular weight excluding hydrogens is 226 g/mol. The quantitative estimate of drug-likeness (QED) is 0.807. The Morgan fingerprint density at radius 3 is 2.39 bits per heavy atom. The lowest BCUT2D eigenvalue weighted by molar-refractivity contribution is -0.119. The summed E-state index contributed by atoms with van der Waals surface area (Å²) in [6, 6.07) is 1.29. The van der Waals surface area contributed by atoms with Crippen molar-refractivity contribution in [3.8, 4) is 0 Å². The number of carbonyl (C=O) groups excluding carboxylic acids is 1. The third-order valence-electron chi connectivity index (χ3n) is 4.81. The topological polar surface area (TPSA) is 35.6 Å². The van der Waals surface area contributed by atoms with Crippen LogP contribution in [0.15, 0.2) is 0 Å². The van der Waals surface area contributed by atoms with Crippen LogP contribution in [0, 0.1) is 0 Å². The number of piperazine rings is 1. The van der Waals surface area contributed by atoms with E-state index in [0.717, 1.165) is 25.4 Å². The van der Waals surface area contributed by atoms with Crippen LogP contribution in [0.3, 0.4) is 0 Å². The van der Waals surface area contributed by atoms with Crippen LogP contribution in [0.1, 0.15) is 38.5 Å². The number of amides is 1. The predicted molar refractivity (Wildman–Crippen MR) is 71.4 cm³/mol. The summed E-state index contributed by atoms with van der Waals surface area (Å²) in [6.45, 7) is 5.88. The van der Waals surface area contributed by atoms with Crippen molar-refractivity contribution in [3.05, 3.63) is 0 Å². The maximum atomic E-state index is 11.2. The summed E-state index contributed by atoms with van der Waals surface area (Å²) >= 11 is 0. The van der Waals surface area contributed by atoms with E-state index in [-0.39, 0.29) is 5.91 Å². The molecule has 1 saturated carbocycles. The van der Waals surface area contributed by atoms with E-state index in [2.05, 4.69) is 15.1 Å². The molecule has 3 fully saturated rings. The highest BCUT2D eigenvalue weighted by atomic mass is 16.1. The van der Waals surface area contributed by atoms with Gasteiger partial charge in [0, 0.05) is 51.2 Å². The van der Waals surface area contributed by atoms with Crippen molar-refractivity contribution in [2.45, 2.75) is 50.6 Å². The Morgan fingerprint density at radius 1 is 1.06 bits per heavy atom. The lowest BCUT2D eigenvalue weighted by Crippen LogP contribution is -2.52. The van der Waals surface area contributed by atoms with Gasteiger partial charge in [0.15, 0.2) is 0 Å². The SMILES string of the molecule is O=C1CC[C@@H](CN2CCN(C3CCCC3)CC2)N1. The van der Waals surface area contributed by atoms with E-state index in [1.807, 2.05) is 0 Å². The van der Waals surface area contributed by atoms with Gasteiger partial charge in [-0.3, -0.25) is 14.6 Å². The second-order valence-electron chi connectivity index (χ2n) is 6.08. The van der Waals surface area contributed by atoms with E-state index in [4.69, 9.17) is 0 Å². The highest BCUT2D eigenvalue weighted by Gasteiger charge is 2.28. The number of rotatable bonds is 3. The van der Waals surface area contributed by atoms with Crippen LogP contribution in [0.4, 0.5) is 0 Å². The number of nitrogens with one attached hydrogen (secondary N) is 1. The summed E-state index contributed by atoms with van der Waals surface area (Å²) in [4.78, 5) is 16.4. The van der Waals surface area contributed by atoms with Crippen molar-refractivity contribution in [2.75, 3.05) is 32.7 Å². The van der Waals surface area contributed by atoms with Gasteiger partial charge in [-0.15, -0.1) is 0 Å². The minimum absolute atomic E-state index is 0.240. The first kappa shape index (κ1) is 12.4. The molecule has 4 nitrogen and oxygen atoms in total. The lowest BCUT2D eigenvalue weighted by atomic mass is 10.1. The van der Waals surface area contributed by atoms with Gasteiger partial charge in [0.05, 0.1) is 0 Å². The van der Waals surface area contributed by atoms with Crippen molar-refractivity contribution in [2.24, 2.45) is 0 Å². The summed E-state index contributed by atoms with van der Waals surface area (Å²) < 4.78 is 0. The van der Waals surface area contributed by atoms with Gasteiger partial charge >= 0.3 is 0 Å². The minimum Gasteiger partial charge on any atom is -0.352 e. The Hall–Kier alpha value is -0.610. The molecule has 0 radical (unpaired) electrons. The normalized spacial score (nSPS) is 32.0. The largest absolute Gasteiger partial charge is 0.352 e. The molecule has 1 atom stereocenters. The zero-order valence-electron chi connectivity index (χ0n) is 11.2. The molecule has 0 bridgehead atoms. The van der Waals surface area contributed by atoms with E-state index in [0.29, 0.717) is 6.04 Å². The summed E-state index contributed by atoms with van der Waals surface area (Å²) in [7, 11) is 0. The second kappa shape index (κ2) is 5.57. The third kappa shape index (κ3) is 2.86. The molecule has 0 unspecified atom stereocenters. The van der Waals surface area contributed by atoms with E-state index in [1.165, 1.54) is 51.9 Å². The standard InChI is InChI=1S/C14H25N3O/c18-14-6-5-12(15-14)11-16-7-9-17(10-8-16)13-3-1-2-4-13/h12-13H,1-11H2,(H,15,18)/t12-/m0/s1. The molecule has 102 valence electrons. The average molecular weight is 251 g/mol. The molecule has 2 saturated heterocycles. The van der Waals surface area contributed by atoms with Gasteiger partial charge in [0.25, 0.3) is 0 Å². The van der Waals surface area contributed by atoms with Crippen LogP contribution in [0.5, 0.6) is 0 Å². The smallest absolute Gasteiger partial charge is 0.220 e. The van der Waals surface area contributed by atoms with E-state index < -0.39 is 0 Å². The van der Waals surface area contributed by atoms with Crippen molar-refractivity contribution >= 4 is 5.91 Å². The predicted octanol–water partition coefficient (Wildman–Crippen LogP) is 0.825. The first-order valence-electron chi connectivity index (χ1n) is 7.57. The van der Waals surface area contributed by atoms with Crippen LogP contribution in [0.2, 0.25) is 0 Å². The van der Waals surface area contributed by atoms with Crippen LogP contribution in [-0.2, 0) is 4.79 Å². The van der Waals surface area contributed by atoms with Crippen molar-refractivity contribution in [1.29, 1.82) is 0 Å². The Kier molecular flexibility index (Phi) is 3.85. The maximum absolute atomic E-state index is 11.2. The van der Waals surface area contributed by atoms with Gasteiger partial charge in [-0.25, -0.2) is 0 Å². The van der Waals surface area contributed by atoms with Gasteiger partial charge in [-0.1, -0.05) is 12.8 Å². The van der Waals surface area contributed by atoms with Crippen molar-refractivity contribution < 1.29 is 4.79 Å². The maximum Gasteiger partial charge on any atom is 0.220 e. The summed E-state index contributed by atoms with van der Waals surface area (Å²) in [5.41, 5.74) is 0. The average Bonchev–Trinajstić information content (AvgIpc) is 3.02. The number of carbonyl (C=O) groups is 1.